The van der Waals surface area contributed by atoms with Gasteiger partial charge in [0.15, 0.2) is 0 Å². The Morgan fingerprint density at radius 1 is 1.47 bits per heavy atom. The molecule has 3 N–H and O–H groups in total. The van der Waals surface area contributed by atoms with Gasteiger partial charge < -0.3 is 15.5 Å². The molecule has 0 aliphatic rings. The van der Waals surface area contributed by atoms with E-state index in [4.69, 9.17) is 16.7 Å². The van der Waals surface area contributed by atoms with Crippen LogP contribution in [0.4, 0.5) is 5.82 Å². The Labute approximate surface area is 106 Å². The minimum atomic E-state index is -1.18. The van der Waals surface area contributed by atoms with Crippen molar-refractivity contribution in [1.82, 2.24) is 9.97 Å². The average molecular weight is 260 g/mol. The Bertz CT molecular complexity index is 372. The van der Waals surface area contributed by atoms with Gasteiger partial charge in [0, 0.05) is 19.0 Å². The summed E-state index contributed by atoms with van der Waals surface area (Å²) in [6.07, 6.45) is 1.69. The van der Waals surface area contributed by atoms with Crippen molar-refractivity contribution in [2.75, 3.05) is 18.5 Å². The molecule has 0 radical (unpaired) electrons. The highest BCUT2D eigenvalue weighted by molar-refractivity contribution is 6.29. The molecule has 0 aromatic carbocycles. The zero-order valence-electron chi connectivity index (χ0n) is 10.1. The molecule has 5 nitrogen and oxygen atoms in total. The fourth-order valence-electron chi connectivity index (χ4n) is 1.23. The van der Waals surface area contributed by atoms with Crippen LogP contribution in [0.5, 0.6) is 0 Å². The number of aryl methyl sites for hydroxylation is 1. The summed E-state index contributed by atoms with van der Waals surface area (Å²) in [5.74, 6) is 1.23. The standard InChI is InChI=1S/C11H18ClN3O2/c1-3-4-9-14-8(12)5-10(15-9)13-6-11(2,17)7-16/h5,16-17H,3-4,6-7H2,1-2H3,(H,13,14,15). The predicted octanol–water partition coefficient (Wildman–Crippen LogP) is 1.24. The normalized spacial score (nSPS) is 14.4. The molecule has 0 bridgehead atoms. The van der Waals surface area contributed by atoms with E-state index >= 15 is 0 Å². The molecule has 1 heterocycles. The van der Waals surface area contributed by atoms with Crippen molar-refractivity contribution in [3.63, 3.8) is 0 Å². The van der Waals surface area contributed by atoms with Gasteiger partial charge >= 0.3 is 0 Å². The summed E-state index contributed by atoms with van der Waals surface area (Å²) in [7, 11) is 0. The summed E-state index contributed by atoms with van der Waals surface area (Å²) >= 11 is 5.87. The Morgan fingerprint density at radius 2 is 2.18 bits per heavy atom. The second kappa shape index (κ2) is 6.14. The summed E-state index contributed by atoms with van der Waals surface area (Å²) in [5, 5.41) is 21.9. The van der Waals surface area contributed by atoms with Crippen molar-refractivity contribution in [1.29, 1.82) is 0 Å². The van der Waals surface area contributed by atoms with E-state index in [-0.39, 0.29) is 13.2 Å². The Morgan fingerprint density at radius 3 is 2.76 bits per heavy atom. The van der Waals surface area contributed by atoms with Crippen molar-refractivity contribution >= 4 is 17.4 Å². The van der Waals surface area contributed by atoms with Gasteiger partial charge in [0.1, 0.15) is 22.4 Å². The van der Waals surface area contributed by atoms with E-state index in [9.17, 15) is 5.11 Å². The van der Waals surface area contributed by atoms with Crippen molar-refractivity contribution in [2.45, 2.75) is 32.3 Å². The van der Waals surface area contributed by atoms with E-state index in [1.54, 1.807) is 6.07 Å². The van der Waals surface area contributed by atoms with E-state index in [2.05, 4.69) is 15.3 Å². The molecule has 0 aliphatic heterocycles. The second-order valence-corrected chi connectivity index (χ2v) is 4.64. The topological polar surface area (TPSA) is 78.3 Å². The SMILES string of the molecule is CCCc1nc(Cl)cc(NCC(C)(O)CO)n1. The molecule has 0 aliphatic carbocycles. The summed E-state index contributed by atoms with van der Waals surface area (Å²) in [4.78, 5) is 8.35. The van der Waals surface area contributed by atoms with Crippen LogP contribution < -0.4 is 5.32 Å². The van der Waals surface area contributed by atoms with Crippen molar-refractivity contribution < 1.29 is 10.2 Å². The molecule has 0 saturated heterocycles. The second-order valence-electron chi connectivity index (χ2n) is 4.25. The third-order valence-corrected chi connectivity index (χ3v) is 2.40. The number of aliphatic hydroxyl groups is 2. The van der Waals surface area contributed by atoms with Gasteiger partial charge in [-0.25, -0.2) is 9.97 Å². The molecule has 0 saturated carbocycles. The minimum absolute atomic E-state index is 0.197. The fourth-order valence-corrected chi connectivity index (χ4v) is 1.43. The quantitative estimate of drug-likeness (QED) is 0.670. The third kappa shape index (κ3) is 4.85. The summed E-state index contributed by atoms with van der Waals surface area (Å²) in [5.41, 5.74) is -1.18. The average Bonchev–Trinajstić information content (AvgIpc) is 2.26. The van der Waals surface area contributed by atoms with Gasteiger partial charge in [-0.3, -0.25) is 0 Å². The number of hydrogen-bond donors (Lipinski definition) is 3. The van der Waals surface area contributed by atoms with Crippen LogP contribution in [0.15, 0.2) is 6.07 Å². The van der Waals surface area contributed by atoms with E-state index in [1.165, 1.54) is 6.92 Å². The van der Waals surface area contributed by atoms with Crippen LogP contribution in [0.1, 0.15) is 26.1 Å². The maximum Gasteiger partial charge on any atom is 0.134 e. The molecule has 0 amide bonds. The third-order valence-electron chi connectivity index (χ3n) is 2.21. The number of aliphatic hydroxyl groups excluding tert-OH is 1. The van der Waals surface area contributed by atoms with Crippen LogP contribution in [0.2, 0.25) is 5.15 Å². The van der Waals surface area contributed by atoms with Crippen LogP contribution in [0.3, 0.4) is 0 Å². The maximum atomic E-state index is 9.64. The van der Waals surface area contributed by atoms with E-state index in [0.717, 1.165) is 12.8 Å². The number of hydrogen-bond acceptors (Lipinski definition) is 5. The van der Waals surface area contributed by atoms with Gasteiger partial charge in [0.05, 0.1) is 6.61 Å². The molecule has 1 aromatic heterocycles. The summed E-state index contributed by atoms with van der Waals surface area (Å²) in [6.45, 7) is 3.45. The monoisotopic (exact) mass is 259 g/mol. The zero-order valence-corrected chi connectivity index (χ0v) is 10.8. The Hall–Kier alpha value is -0.910. The number of halogens is 1. The number of anilines is 1. The van der Waals surface area contributed by atoms with Gasteiger partial charge in [-0.15, -0.1) is 0 Å². The summed E-state index contributed by atoms with van der Waals surface area (Å²) < 4.78 is 0. The van der Waals surface area contributed by atoms with E-state index < -0.39 is 5.60 Å². The first-order chi connectivity index (χ1) is 7.96. The smallest absolute Gasteiger partial charge is 0.134 e. The van der Waals surface area contributed by atoms with Gasteiger partial charge in [0.25, 0.3) is 0 Å². The molecule has 1 atom stereocenters. The molecule has 0 spiro atoms. The fraction of sp³-hybridized carbons (Fsp3) is 0.636. The van der Waals surface area contributed by atoms with Crippen molar-refractivity contribution in [2.24, 2.45) is 0 Å². The predicted molar refractivity (Wildman–Crippen MR) is 67.2 cm³/mol. The van der Waals surface area contributed by atoms with Gasteiger partial charge in [-0.1, -0.05) is 18.5 Å². The molecule has 1 rings (SSSR count). The Balaban J connectivity index is 2.70. The molecular weight excluding hydrogens is 242 g/mol. The van der Waals surface area contributed by atoms with Crippen LogP contribution in [0.25, 0.3) is 0 Å². The van der Waals surface area contributed by atoms with Crippen molar-refractivity contribution in [3.8, 4) is 0 Å². The van der Waals surface area contributed by atoms with Crippen LogP contribution >= 0.6 is 11.6 Å². The highest BCUT2D eigenvalue weighted by Gasteiger charge is 2.18. The number of aromatic nitrogens is 2. The van der Waals surface area contributed by atoms with Crippen LogP contribution in [-0.4, -0.2) is 38.9 Å². The number of rotatable bonds is 6. The molecule has 17 heavy (non-hydrogen) atoms. The highest BCUT2D eigenvalue weighted by Crippen LogP contribution is 2.13. The van der Waals surface area contributed by atoms with Crippen molar-refractivity contribution in [3.05, 3.63) is 17.0 Å². The molecule has 0 fully saturated rings. The number of nitrogens with one attached hydrogen (secondary N) is 1. The van der Waals surface area contributed by atoms with E-state index in [1.807, 2.05) is 6.92 Å². The Kier molecular flexibility index (Phi) is 5.11. The molecule has 1 unspecified atom stereocenters. The molecule has 96 valence electrons. The molecular formula is C11H18ClN3O2. The number of nitrogens with zero attached hydrogens (tertiary/aromatic N) is 2. The first-order valence-corrected chi connectivity index (χ1v) is 5.95. The maximum absolute atomic E-state index is 9.64. The van der Waals surface area contributed by atoms with Crippen LogP contribution in [0, 0.1) is 0 Å². The lowest BCUT2D eigenvalue weighted by molar-refractivity contribution is 0.0131. The van der Waals surface area contributed by atoms with Gasteiger partial charge in [-0.2, -0.15) is 0 Å². The molecule has 1 aromatic rings. The first-order valence-electron chi connectivity index (χ1n) is 5.57. The highest BCUT2D eigenvalue weighted by atomic mass is 35.5. The lowest BCUT2D eigenvalue weighted by atomic mass is 10.1. The zero-order chi connectivity index (χ0) is 12.9. The lowest BCUT2D eigenvalue weighted by Crippen LogP contribution is -2.37. The lowest BCUT2D eigenvalue weighted by Gasteiger charge is -2.21. The van der Waals surface area contributed by atoms with Gasteiger partial charge in [-0.05, 0) is 13.3 Å². The molecule has 6 heteroatoms. The first kappa shape index (κ1) is 14.2. The minimum Gasteiger partial charge on any atom is -0.393 e. The largest absolute Gasteiger partial charge is 0.393 e. The van der Waals surface area contributed by atoms with Gasteiger partial charge in [0.2, 0.25) is 0 Å². The van der Waals surface area contributed by atoms with Crippen LogP contribution in [-0.2, 0) is 6.42 Å². The van der Waals surface area contributed by atoms with E-state index in [0.29, 0.717) is 16.8 Å². The summed E-state index contributed by atoms with van der Waals surface area (Å²) in [6, 6.07) is 1.59.